The SMILES string of the molecule is CCCCCCCCC(C)C(=O)OCC=O. The Hall–Kier alpha value is -0.860. The highest BCUT2D eigenvalue weighted by Crippen LogP contribution is 2.13. The maximum Gasteiger partial charge on any atom is 0.309 e. The Balaban J connectivity index is 3.38. The summed E-state index contributed by atoms with van der Waals surface area (Å²) in [6.07, 6.45) is 8.83. The lowest BCUT2D eigenvalue weighted by Gasteiger charge is -2.09. The third-order valence-corrected chi connectivity index (χ3v) is 2.69. The van der Waals surface area contributed by atoms with Gasteiger partial charge in [-0.15, -0.1) is 0 Å². The number of carbonyl (C=O) groups is 2. The number of carbonyl (C=O) groups excluding carboxylic acids is 2. The normalized spacial score (nSPS) is 12.1. The largest absolute Gasteiger partial charge is 0.458 e. The summed E-state index contributed by atoms with van der Waals surface area (Å²) in [5.41, 5.74) is 0. The fourth-order valence-corrected chi connectivity index (χ4v) is 1.61. The topological polar surface area (TPSA) is 43.4 Å². The van der Waals surface area contributed by atoms with E-state index in [1.807, 2.05) is 6.92 Å². The molecule has 3 nitrogen and oxygen atoms in total. The molecule has 0 aromatic carbocycles. The third kappa shape index (κ3) is 8.45. The fourth-order valence-electron chi connectivity index (χ4n) is 1.61. The van der Waals surface area contributed by atoms with Crippen LogP contribution in [0, 0.1) is 5.92 Å². The van der Waals surface area contributed by atoms with Crippen molar-refractivity contribution < 1.29 is 14.3 Å². The Kier molecular flexibility index (Phi) is 10.1. The molecule has 0 saturated carbocycles. The minimum absolute atomic E-state index is 0.0777. The molecule has 0 N–H and O–H groups in total. The molecule has 0 aromatic rings. The molecular weight excluding hydrogens is 204 g/mol. The molecule has 0 saturated heterocycles. The molecule has 0 heterocycles. The maximum absolute atomic E-state index is 11.3. The molecule has 0 aliphatic rings. The van der Waals surface area contributed by atoms with Crippen molar-refractivity contribution in [3.63, 3.8) is 0 Å². The van der Waals surface area contributed by atoms with E-state index in [4.69, 9.17) is 4.74 Å². The highest BCUT2D eigenvalue weighted by atomic mass is 16.5. The van der Waals surface area contributed by atoms with Gasteiger partial charge in [-0.2, -0.15) is 0 Å². The van der Waals surface area contributed by atoms with Crippen LogP contribution in [0.2, 0.25) is 0 Å². The molecule has 0 aromatic heterocycles. The first-order chi connectivity index (χ1) is 7.72. The van der Waals surface area contributed by atoms with Gasteiger partial charge in [-0.1, -0.05) is 52.4 Å². The van der Waals surface area contributed by atoms with Crippen LogP contribution in [-0.2, 0) is 14.3 Å². The van der Waals surface area contributed by atoms with Gasteiger partial charge in [0.1, 0.15) is 6.61 Å². The summed E-state index contributed by atoms with van der Waals surface area (Å²) >= 11 is 0. The summed E-state index contributed by atoms with van der Waals surface area (Å²) in [6.45, 7) is 3.95. The summed E-state index contributed by atoms with van der Waals surface area (Å²) in [5, 5.41) is 0. The van der Waals surface area contributed by atoms with Crippen LogP contribution in [-0.4, -0.2) is 18.9 Å². The van der Waals surface area contributed by atoms with Crippen molar-refractivity contribution in [2.24, 2.45) is 5.92 Å². The Morgan fingerprint density at radius 1 is 1.19 bits per heavy atom. The number of unbranched alkanes of at least 4 members (excludes halogenated alkanes) is 5. The van der Waals surface area contributed by atoms with Crippen molar-refractivity contribution in [2.45, 2.75) is 58.8 Å². The van der Waals surface area contributed by atoms with Gasteiger partial charge in [0.2, 0.25) is 0 Å². The molecule has 1 atom stereocenters. The molecule has 0 amide bonds. The zero-order chi connectivity index (χ0) is 12.2. The molecule has 0 fully saturated rings. The van der Waals surface area contributed by atoms with Crippen molar-refractivity contribution in [1.29, 1.82) is 0 Å². The Labute approximate surface area is 98.6 Å². The molecule has 1 unspecified atom stereocenters. The van der Waals surface area contributed by atoms with Gasteiger partial charge in [0.05, 0.1) is 5.92 Å². The molecular formula is C13H24O3. The molecule has 0 bridgehead atoms. The summed E-state index contributed by atoms with van der Waals surface area (Å²) in [7, 11) is 0. The summed E-state index contributed by atoms with van der Waals surface area (Å²) in [5.74, 6) is -0.327. The van der Waals surface area contributed by atoms with Crippen LogP contribution in [0.1, 0.15) is 58.8 Å². The van der Waals surface area contributed by atoms with Gasteiger partial charge >= 0.3 is 5.97 Å². The molecule has 0 spiro atoms. The second-order valence-electron chi connectivity index (χ2n) is 4.25. The van der Waals surface area contributed by atoms with E-state index in [1.54, 1.807) is 0 Å². The lowest BCUT2D eigenvalue weighted by atomic mass is 10.0. The highest BCUT2D eigenvalue weighted by molar-refractivity contribution is 5.73. The first kappa shape index (κ1) is 15.1. The number of rotatable bonds is 10. The Morgan fingerprint density at radius 3 is 2.44 bits per heavy atom. The van der Waals surface area contributed by atoms with Crippen molar-refractivity contribution >= 4 is 12.3 Å². The van der Waals surface area contributed by atoms with Crippen LogP contribution in [0.25, 0.3) is 0 Å². The second kappa shape index (κ2) is 10.7. The highest BCUT2D eigenvalue weighted by Gasteiger charge is 2.13. The molecule has 0 radical (unpaired) electrons. The van der Waals surface area contributed by atoms with Gasteiger partial charge in [-0.05, 0) is 6.42 Å². The van der Waals surface area contributed by atoms with Gasteiger partial charge in [0.15, 0.2) is 6.29 Å². The average molecular weight is 228 g/mol. The predicted octanol–water partition coefficient (Wildman–Crippen LogP) is 3.12. The Bertz CT molecular complexity index is 190. The summed E-state index contributed by atoms with van der Waals surface area (Å²) in [4.78, 5) is 21.3. The van der Waals surface area contributed by atoms with Crippen molar-refractivity contribution in [3.8, 4) is 0 Å². The van der Waals surface area contributed by atoms with E-state index < -0.39 is 0 Å². The first-order valence-corrected chi connectivity index (χ1v) is 6.32. The number of ether oxygens (including phenoxy) is 1. The van der Waals surface area contributed by atoms with Crippen LogP contribution in [0.3, 0.4) is 0 Å². The molecule has 0 aliphatic carbocycles. The molecule has 0 aliphatic heterocycles. The van der Waals surface area contributed by atoms with E-state index in [-0.39, 0.29) is 18.5 Å². The predicted molar refractivity (Wildman–Crippen MR) is 64.2 cm³/mol. The number of hydrogen-bond donors (Lipinski definition) is 0. The molecule has 0 rings (SSSR count). The van der Waals surface area contributed by atoms with Crippen LogP contribution < -0.4 is 0 Å². The minimum atomic E-state index is -0.249. The van der Waals surface area contributed by atoms with Crippen LogP contribution in [0.15, 0.2) is 0 Å². The van der Waals surface area contributed by atoms with E-state index in [0.717, 1.165) is 12.8 Å². The third-order valence-electron chi connectivity index (χ3n) is 2.69. The molecule has 16 heavy (non-hydrogen) atoms. The van der Waals surface area contributed by atoms with Crippen LogP contribution in [0.4, 0.5) is 0 Å². The second-order valence-corrected chi connectivity index (χ2v) is 4.25. The van der Waals surface area contributed by atoms with E-state index in [2.05, 4.69) is 6.92 Å². The lowest BCUT2D eigenvalue weighted by Crippen LogP contribution is -2.15. The quantitative estimate of drug-likeness (QED) is 0.328. The van der Waals surface area contributed by atoms with Gasteiger partial charge in [0.25, 0.3) is 0 Å². The smallest absolute Gasteiger partial charge is 0.309 e. The van der Waals surface area contributed by atoms with Gasteiger partial charge in [-0.25, -0.2) is 0 Å². The van der Waals surface area contributed by atoms with Gasteiger partial charge in [-0.3, -0.25) is 9.59 Å². The standard InChI is InChI=1S/C13H24O3/c1-3-4-5-6-7-8-9-12(2)13(15)16-11-10-14/h10,12H,3-9,11H2,1-2H3. The molecule has 94 valence electrons. The van der Waals surface area contributed by atoms with E-state index >= 15 is 0 Å². The fraction of sp³-hybridized carbons (Fsp3) is 0.846. The van der Waals surface area contributed by atoms with Crippen LogP contribution >= 0.6 is 0 Å². The van der Waals surface area contributed by atoms with Gasteiger partial charge < -0.3 is 4.74 Å². The summed E-state index contributed by atoms with van der Waals surface area (Å²) in [6, 6.07) is 0. The summed E-state index contributed by atoms with van der Waals surface area (Å²) < 4.78 is 4.74. The van der Waals surface area contributed by atoms with Crippen molar-refractivity contribution in [2.75, 3.05) is 6.61 Å². The minimum Gasteiger partial charge on any atom is -0.458 e. The van der Waals surface area contributed by atoms with E-state index in [1.165, 1.54) is 32.1 Å². The molecule has 3 heteroatoms. The van der Waals surface area contributed by atoms with Crippen LogP contribution in [0.5, 0.6) is 0 Å². The van der Waals surface area contributed by atoms with E-state index in [0.29, 0.717) is 6.29 Å². The first-order valence-electron chi connectivity index (χ1n) is 6.32. The maximum atomic E-state index is 11.3. The monoisotopic (exact) mass is 228 g/mol. The average Bonchev–Trinajstić information content (AvgIpc) is 2.30. The van der Waals surface area contributed by atoms with Crippen molar-refractivity contribution in [1.82, 2.24) is 0 Å². The number of esters is 1. The van der Waals surface area contributed by atoms with Crippen molar-refractivity contribution in [3.05, 3.63) is 0 Å². The zero-order valence-corrected chi connectivity index (χ0v) is 10.5. The zero-order valence-electron chi connectivity index (χ0n) is 10.5. The van der Waals surface area contributed by atoms with E-state index in [9.17, 15) is 9.59 Å². The van der Waals surface area contributed by atoms with Gasteiger partial charge in [0, 0.05) is 0 Å². The Morgan fingerprint density at radius 2 is 1.81 bits per heavy atom. The number of aldehydes is 1. The number of hydrogen-bond acceptors (Lipinski definition) is 3. The lowest BCUT2D eigenvalue weighted by molar-refractivity contribution is -0.149.